The van der Waals surface area contributed by atoms with Crippen molar-refractivity contribution in [1.82, 2.24) is 5.32 Å². The van der Waals surface area contributed by atoms with E-state index in [0.717, 1.165) is 0 Å². The third kappa shape index (κ3) is 13.9. The molecule has 2 unspecified atom stereocenters. The summed E-state index contributed by atoms with van der Waals surface area (Å²) in [5.41, 5.74) is -0.835. The van der Waals surface area contributed by atoms with Crippen molar-refractivity contribution >= 4 is 42.8 Å². The molecule has 3 atom stereocenters. The van der Waals surface area contributed by atoms with Crippen molar-refractivity contribution in [2.45, 2.75) is 186 Å². The molecular formula is C37H75NO10Si3. The number of amides is 1. The average molecular weight is 778 g/mol. The second-order valence-electron chi connectivity index (χ2n) is 18.7. The summed E-state index contributed by atoms with van der Waals surface area (Å²) in [6.07, 6.45) is 0.0343. The maximum Gasteiger partial charge on any atom is 0.328 e. The van der Waals surface area contributed by atoms with E-state index in [2.05, 4.69) is 107 Å². The first-order valence-electron chi connectivity index (χ1n) is 18.8. The highest BCUT2D eigenvalue weighted by Gasteiger charge is 2.55. The third-order valence-corrected chi connectivity index (χ3v) is 25.0. The third-order valence-electron chi connectivity index (χ3n) is 11.5. The first-order chi connectivity index (χ1) is 23.0. The summed E-state index contributed by atoms with van der Waals surface area (Å²) in [5.74, 6) is -1.56. The van der Waals surface area contributed by atoms with E-state index in [0.29, 0.717) is 12.8 Å². The zero-order chi connectivity index (χ0) is 39.9. The highest BCUT2D eigenvalue weighted by Crippen LogP contribution is 2.48. The molecule has 1 aliphatic carbocycles. The van der Waals surface area contributed by atoms with Gasteiger partial charge in [0, 0.05) is 26.4 Å². The molecule has 0 aromatic carbocycles. The predicted octanol–water partition coefficient (Wildman–Crippen LogP) is 7.74. The number of hydrogen-bond donors (Lipinski definition) is 1. The van der Waals surface area contributed by atoms with E-state index in [9.17, 15) is 14.4 Å². The van der Waals surface area contributed by atoms with E-state index in [1.165, 1.54) is 0 Å². The molecule has 1 fully saturated rings. The molecule has 0 bridgehead atoms. The molecule has 51 heavy (non-hydrogen) atoms. The summed E-state index contributed by atoms with van der Waals surface area (Å²) in [6.45, 7) is 37.3. The van der Waals surface area contributed by atoms with Gasteiger partial charge in [0.15, 0.2) is 25.0 Å². The Morgan fingerprint density at radius 1 is 0.725 bits per heavy atom. The van der Waals surface area contributed by atoms with Gasteiger partial charge in [0.25, 0.3) is 0 Å². The first-order valence-corrected chi connectivity index (χ1v) is 27.5. The molecule has 300 valence electrons. The maximum absolute atomic E-state index is 13.1. The van der Waals surface area contributed by atoms with Crippen LogP contribution in [0.5, 0.6) is 0 Å². The van der Waals surface area contributed by atoms with Gasteiger partial charge in [0.2, 0.25) is 5.91 Å². The molecule has 1 amide bonds. The largest absolute Gasteiger partial charge is 0.466 e. The lowest BCUT2D eigenvalue weighted by atomic mass is 9.80. The van der Waals surface area contributed by atoms with Gasteiger partial charge in [0.05, 0.1) is 43.7 Å². The zero-order valence-corrected chi connectivity index (χ0v) is 38.5. The number of carbonyl (C=O) groups excluding carboxylic acids is 3. The smallest absolute Gasteiger partial charge is 0.328 e. The molecule has 0 radical (unpaired) electrons. The van der Waals surface area contributed by atoms with Crippen LogP contribution in [0.3, 0.4) is 0 Å². The second-order valence-corrected chi connectivity index (χ2v) is 32.9. The van der Waals surface area contributed by atoms with Crippen molar-refractivity contribution in [3.8, 4) is 0 Å². The minimum absolute atomic E-state index is 0.0277. The minimum atomic E-state index is -2.31. The molecule has 0 saturated heterocycles. The fraction of sp³-hybridized carbons (Fsp3) is 0.919. The van der Waals surface area contributed by atoms with E-state index < -0.39 is 54.4 Å². The standard InChI is InChI=1S/C37H75NO10Si3/c1-19-44-31(40)22-21-27(33(41)45-20-2)38-30(39)25-43-26-37(42-12)23-28(46-49(13,14)34(3,4)5)32(48-51(17,18)36(9,10)11)29(24-37)47-50(15,16)35(6,7)8/h27-29,32H,19-26H2,1-18H3,(H,38,39)/t27-,28?,29?,32?,37?/m0/s1. The fourth-order valence-corrected chi connectivity index (χ4v) is 9.17. The van der Waals surface area contributed by atoms with Gasteiger partial charge < -0.3 is 37.5 Å². The summed E-state index contributed by atoms with van der Waals surface area (Å²) >= 11 is 0. The van der Waals surface area contributed by atoms with Crippen LogP contribution in [0.4, 0.5) is 0 Å². The zero-order valence-electron chi connectivity index (χ0n) is 35.5. The number of esters is 2. The normalized spacial score (nSPS) is 23.1. The predicted molar refractivity (Wildman–Crippen MR) is 210 cm³/mol. The fourth-order valence-electron chi connectivity index (χ4n) is 5.18. The van der Waals surface area contributed by atoms with Crippen molar-refractivity contribution in [3.63, 3.8) is 0 Å². The first kappa shape index (κ1) is 47.9. The highest BCUT2D eigenvalue weighted by molar-refractivity contribution is 6.75. The summed E-state index contributed by atoms with van der Waals surface area (Å²) in [4.78, 5) is 37.7. The molecule has 1 rings (SSSR count). The summed E-state index contributed by atoms with van der Waals surface area (Å²) in [7, 11) is -5.22. The van der Waals surface area contributed by atoms with Crippen LogP contribution < -0.4 is 5.32 Å². The molecule has 0 aromatic rings. The van der Waals surface area contributed by atoms with Crippen LogP contribution in [0.25, 0.3) is 0 Å². The van der Waals surface area contributed by atoms with Crippen LogP contribution in [-0.2, 0) is 46.6 Å². The molecule has 1 saturated carbocycles. The lowest BCUT2D eigenvalue weighted by Crippen LogP contribution is -2.64. The van der Waals surface area contributed by atoms with Gasteiger partial charge in [-0.1, -0.05) is 62.3 Å². The van der Waals surface area contributed by atoms with Crippen LogP contribution >= 0.6 is 0 Å². The van der Waals surface area contributed by atoms with Crippen molar-refractivity contribution in [2.75, 3.05) is 33.5 Å². The van der Waals surface area contributed by atoms with E-state index in [1.807, 2.05) is 0 Å². The van der Waals surface area contributed by atoms with Crippen LogP contribution in [0.2, 0.25) is 54.4 Å². The van der Waals surface area contributed by atoms with E-state index in [1.54, 1.807) is 21.0 Å². The van der Waals surface area contributed by atoms with Gasteiger partial charge in [-0.25, -0.2) is 4.79 Å². The molecule has 14 heteroatoms. The quantitative estimate of drug-likeness (QED) is 0.109. The Labute approximate surface area is 313 Å². The SMILES string of the molecule is CCOC(=O)CC[C@H](NC(=O)COCC1(OC)CC(O[Si](C)(C)C(C)(C)C)C(O[Si](C)(C)C(C)(C)C)C(O[Si](C)(C)C(C)(C)C)C1)C(=O)OCC. The molecule has 0 aliphatic heterocycles. The Bertz CT molecular complexity index is 1100. The number of carbonyl (C=O) groups is 3. The van der Waals surface area contributed by atoms with Gasteiger partial charge in [-0.05, 0) is 74.7 Å². The van der Waals surface area contributed by atoms with E-state index in [-0.39, 0.29) is 72.7 Å². The Hall–Kier alpha value is -1.14. The average Bonchev–Trinajstić information content (AvgIpc) is 2.95. The Morgan fingerprint density at radius 2 is 1.16 bits per heavy atom. The Kier molecular flexibility index (Phi) is 17.3. The highest BCUT2D eigenvalue weighted by atomic mass is 28.4. The van der Waals surface area contributed by atoms with Crippen molar-refractivity contribution in [3.05, 3.63) is 0 Å². The maximum atomic E-state index is 13.1. The molecular weight excluding hydrogens is 703 g/mol. The van der Waals surface area contributed by atoms with E-state index >= 15 is 0 Å². The summed E-state index contributed by atoms with van der Waals surface area (Å²) in [5, 5.41) is 2.57. The monoisotopic (exact) mass is 777 g/mol. The number of rotatable bonds is 18. The van der Waals surface area contributed by atoms with Gasteiger partial charge >= 0.3 is 11.9 Å². The molecule has 0 aromatic heterocycles. The lowest BCUT2D eigenvalue weighted by Gasteiger charge is -2.54. The Morgan fingerprint density at radius 3 is 1.55 bits per heavy atom. The van der Waals surface area contributed by atoms with Gasteiger partial charge in [-0.2, -0.15) is 0 Å². The summed E-state index contributed by atoms with van der Waals surface area (Å²) < 4.78 is 44.4. The van der Waals surface area contributed by atoms with Gasteiger partial charge in [-0.3, -0.25) is 9.59 Å². The lowest BCUT2D eigenvalue weighted by molar-refractivity contribution is -0.176. The molecule has 1 aliphatic rings. The van der Waals surface area contributed by atoms with Crippen LogP contribution in [0, 0.1) is 0 Å². The molecule has 11 nitrogen and oxygen atoms in total. The Balaban J connectivity index is 3.50. The van der Waals surface area contributed by atoms with E-state index in [4.69, 9.17) is 32.2 Å². The van der Waals surface area contributed by atoms with Crippen LogP contribution in [0.1, 0.15) is 102 Å². The summed E-state index contributed by atoms with van der Waals surface area (Å²) in [6, 6.07) is -1.01. The molecule has 0 spiro atoms. The number of hydrogen-bond acceptors (Lipinski definition) is 10. The second kappa shape index (κ2) is 18.5. The number of methoxy groups -OCH3 is 1. The van der Waals surface area contributed by atoms with Gasteiger partial charge in [0.1, 0.15) is 12.6 Å². The topological polar surface area (TPSA) is 128 Å². The van der Waals surface area contributed by atoms with Crippen LogP contribution in [0.15, 0.2) is 0 Å². The van der Waals surface area contributed by atoms with Crippen molar-refractivity contribution in [2.24, 2.45) is 0 Å². The number of nitrogens with one attached hydrogen (secondary N) is 1. The van der Waals surface area contributed by atoms with Gasteiger partial charge in [-0.15, -0.1) is 0 Å². The van der Waals surface area contributed by atoms with Crippen molar-refractivity contribution in [1.29, 1.82) is 0 Å². The van der Waals surface area contributed by atoms with Crippen LogP contribution in [-0.4, -0.2) is 106 Å². The van der Waals surface area contributed by atoms with Crippen molar-refractivity contribution < 1.29 is 46.6 Å². The molecule has 1 N–H and O–H groups in total. The number of ether oxygens (including phenoxy) is 4. The molecule has 0 heterocycles. The minimum Gasteiger partial charge on any atom is -0.466 e.